The number of nitrogens with zero attached hydrogens (tertiary/aromatic N) is 1. The van der Waals surface area contributed by atoms with E-state index in [4.69, 9.17) is 4.74 Å². The van der Waals surface area contributed by atoms with E-state index in [1.54, 1.807) is 0 Å². The van der Waals surface area contributed by atoms with Crippen LogP contribution in [0, 0.1) is 5.92 Å². The molecule has 2 saturated heterocycles. The van der Waals surface area contributed by atoms with Crippen molar-refractivity contribution in [2.45, 2.75) is 25.9 Å². The average molecular weight is 198 g/mol. The molecule has 1 atom stereocenters. The third kappa shape index (κ3) is 2.47. The van der Waals surface area contributed by atoms with E-state index in [1.165, 1.54) is 32.5 Å². The monoisotopic (exact) mass is 198 g/mol. The molecule has 0 aliphatic carbocycles. The Morgan fingerprint density at radius 1 is 1.36 bits per heavy atom. The number of morpholine rings is 1. The Morgan fingerprint density at radius 3 is 2.86 bits per heavy atom. The van der Waals surface area contributed by atoms with E-state index in [1.807, 2.05) is 0 Å². The lowest BCUT2D eigenvalue weighted by Crippen LogP contribution is -2.47. The summed E-state index contributed by atoms with van der Waals surface area (Å²) in [4.78, 5) is 2.51. The first-order chi connectivity index (χ1) is 6.90. The summed E-state index contributed by atoms with van der Waals surface area (Å²) in [5.41, 5.74) is 0. The van der Waals surface area contributed by atoms with Crippen molar-refractivity contribution >= 4 is 0 Å². The Balaban J connectivity index is 1.83. The van der Waals surface area contributed by atoms with Crippen molar-refractivity contribution in [3.63, 3.8) is 0 Å². The summed E-state index contributed by atoms with van der Waals surface area (Å²) in [6.07, 6.45) is 3.09. The fraction of sp³-hybridized carbons (Fsp3) is 1.00. The van der Waals surface area contributed by atoms with Gasteiger partial charge in [0.25, 0.3) is 0 Å². The summed E-state index contributed by atoms with van der Waals surface area (Å²) in [5, 5.41) is 3.41. The molecule has 2 fully saturated rings. The van der Waals surface area contributed by atoms with Crippen molar-refractivity contribution < 1.29 is 4.74 Å². The summed E-state index contributed by atoms with van der Waals surface area (Å²) in [7, 11) is 0. The van der Waals surface area contributed by atoms with Crippen molar-refractivity contribution in [1.82, 2.24) is 10.2 Å². The van der Waals surface area contributed by atoms with Crippen LogP contribution in [0.1, 0.15) is 19.8 Å². The van der Waals surface area contributed by atoms with Crippen molar-refractivity contribution in [2.75, 3.05) is 39.3 Å². The van der Waals surface area contributed by atoms with Gasteiger partial charge in [0.2, 0.25) is 0 Å². The predicted molar refractivity (Wildman–Crippen MR) is 57.4 cm³/mol. The van der Waals surface area contributed by atoms with Gasteiger partial charge in [0.15, 0.2) is 0 Å². The summed E-state index contributed by atoms with van der Waals surface area (Å²) in [6, 6.07) is 0. The van der Waals surface area contributed by atoms with Gasteiger partial charge in [-0.3, -0.25) is 4.90 Å². The number of likely N-dealkylation sites (N-methyl/N-ethyl adjacent to an activating group) is 1. The van der Waals surface area contributed by atoms with Crippen LogP contribution in [-0.4, -0.2) is 50.3 Å². The largest absolute Gasteiger partial charge is 0.375 e. The smallest absolute Gasteiger partial charge is 0.0731 e. The second kappa shape index (κ2) is 5.10. The third-order valence-electron chi connectivity index (χ3n) is 3.53. The highest BCUT2D eigenvalue weighted by molar-refractivity contribution is 4.81. The fourth-order valence-corrected chi connectivity index (χ4v) is 2.52. The van der Waals surface area contributed by atoms with Gasteiger partial charge in [-0.2, -0.15) is 0 Å². The van der Waals surface area contributed by atoms with Gasteiger partial charge in [0.1, 0.15) is 0 Å². The summed E-state index contributed by atoms with van der Waals surface area (Å²) in [6.45, 7) is 8.98. The zero-order chi connectivity index (χ0) is 9.80. The molecule has 2 aliphatic rings. The van der Waals surface area contributed by atoms with E-state index >= 15 is 0 Å². The Bertz CT molecular complexity index is 169. The van der Waals surface area contributed by atoms with Crippen LogP contribution in [0.25, 0.3) is 0 Å². The molecule has 2 aliphatic heterocycles. The number of ether oxygens (including phenoxy) is 1. The molecule has 0 unspecified atom stereocenters. The number of rotatable bonds is 2. The molecule has 0 amide bonds. The van der Waals surface area contributed by atoms with Crippen LogP contribution in [0.15, 0.2) is 0 Å². The van der Waals surface area contributed by atoms with E-state index in [9.17, 15) is 0 Å². The topological polar surface area (TPSA) is 24.5 Å². The zero-order valence-electron chi connectivity index (χ0n) is 9.17. The van der Waals surface area contributed by atoms with E-state index < -0.39 is 0 Å². The molecule has 82 valence electrons. The van der Waals surface area contributed by atoms with Gasteiger partial charge in [-0.25, -0.2) is 0 Å². The Hall–Kier alpha value is -0.120. The normalized spacial score (nSPS) is 31.9. The van der Waals surface area contributed by atoms with Crippen LogP contribution in [0.2, 0.25) is 0 Å². The van der Waals surface area contributed by atoms with Crippen molar-refractivity contribution in [2.24, 2.45) is 5.92 Å². The zero-order valence-corrected chi connectivity index (χ0v) is 9.17. The predicted octanol–water partition coefficient (Wildman–Crippen LogP) is 0.707. The first kappa shape index (κ1) is 10.4. The third-order valence-corrected chi connectivity index (χ3v) is 3.53. The first-order valence-corrected chi connectivity index (χ1v) is 5.95. The lowest BCUT2D eigenvalue weighted by molar-refractivity contribution is -0.0618. The molecule has 1 N–H and O–H groups in total. The lowest BCUT2D eigenvalue weighted by atomic mass is 9.91. The molecule has 0 spiro atoms. The Labute approximate surface area is 86.8 Å². The summed E-state index contributed by atoms with van der Waals surface area (Å²) < 4.78 is 5.88. The maximum Gasteiger partial charge on any atom is 0.0731 e. The van der Waals surface area contributed by atoms with Gasteiger partial charge < -0.3 is 10.1 Å². The van der Waals surface area contributed by atoms with Gasteiger partial charge in [0, 0.05) is 13.1 Å². The van der Waals surface area contributed by atoms with Crippen LogP contribution in [0.3, 0.4) is 0 Å². The Morgan fingerprint density at radius 2 is 2.14 bits per heavy atom. The van der Waals surface area contributed by atoms with Crippen molar-refractivity contribution in [3.8, 4) is 0 Å². The summed E-state index contributed by atoms with van der Waals surface area (Å²) in [5.74, 6) is 0.797. The van der Waals surface area contributed by atoms with Gasteiger partial charge in [-0.05, 0) is 38.4 Å². The van der Waals surface area contributed by atoms with E-state index in [0.29, 0.717) is 6.10 Å². The van der Waals surface area contributed by atoms with Gasteiger partial charge in [-0.15, -0.1) is 0 Å². The highest BCUT2D eigenvalue weighted by Crippen LogP contribution is 2.21. The second-order valence-corrected chi connectivity index (χ2v) is 4.39. The molecule has 0 saturated carbocycles. The molecule has 0 bridgehead atoms. The maximum atomic E-state index is 5.88. The standard InChI is InChI=1S/C11H22N2O/c1-2-13-7-8-14-11(9-13)10-3-5-12-6-4-10/h10-12H,2-9H2,1H3/t11-/m0/s1. The lowest BCUT2D eigenvalue weighted by Gasteiger charge is -2.38. The molecule has 2 heterocycles. The highest BCUT2D eigenvalue weighted by Gasteiger charge is 2.28. The molecule has 0 aromatic rings. The van der Waals surface area contributed by atoms with Crippen LogP contribution < -0.4 is 5.32 Å². The van der Waals surface area contributed by atoms with Crippen LogP contribution in [0.4, 0.5) is 0 Å². The van der Waals surface area contributed by atoms with E-state index in [0.717, 1.165) is 25.6 Å². The molecule has 0 radical (unpaired) electrons. The molecule has 3 nitrogen and oxygen atoms in total. The number of nitrogens with one attached hydrogen (secondary N) is 1. The minimum Gasteiger partial charge on any atom is -0.375 e. The number of hydrogen-bond donors (Lipinski definition) is 1. The Kier molecular flexibility index (Phi) is 3.79. The van der Waals surface area contributed by atoms with Crippen molar-refractivity contribution in [1.29, 1.82) is 0 Å². The number of hydrogen-bond acceptors (Lipinski definition) is 3. The highest BCUT2D eigenvalue weighted by atomic mass is 16.5. The van der Waals surface area contributed by atoms with Crippen LogP contribution >= 0.6 is 0 Å². The van der Waals surface area contributed by atoms with E-state index in [2.05, 4.69) is 17.1 Å². The van der Waals surface area contributed by atoms with E-state index in [-0.39, 0.29) is 0 Å². The molecular formula is C11H22N2O. The fourth-order valence-electron chi connectivity index (χ4n) is 2.52. The molecular weight excluding hydrogens is 176 g/mol. The molecule has 0 aromatic heterocycles. The SMILES string of the molecule is CCN1CCO[C@H](C2CCNCC2)C1. The van der Waals surface area contributed by atoms with Gasteiger partial charge in [0.05, 0.1) is 12.7 Å². The molecule has 2 rings (SSSR count). The van der Waals surface area contributed by atoms with Crippen molar-refractivity contribution in [3.05, 3.63) is 0 Å². The summed E-state index contributed by atoms with van der Waals surface area (Å²) >= 11 is 0. The second-order valence-electron chi connectivity index (χ2n) is 4.39. The van der Waals surface area contributed by atoms with Gasteiger partial charge in [-0.1, -0.05) is 6.92 Å². The molecule has 3 heteroatoms. The maximum absolute atomic E-state index is 5.88. The van der Waals surface area contributed by atoms with Crippen LogP contribution in [-0.2, 0) is 4.74 Å². The van der Waals surface area contributed by atoms with Crippen LogP contribution in [0.5, 0.6) is 0 Å². The number of piperidine rings is 1. The molecule has 0 aromatic carbocycles. The quantitative estimate of drug-likeness (QED) is 0.707. The first-order valence-electron chi connectivity index (χ1n) is 5.95. The minimum absolute atomic E-state index is 0.505. The van der Waals surface area contributed by atoms with Gasteiger partial charge >= 0.3 is 0 Å². The molecule has 14 heavy (non-hydrogen) atoms. The minimum atomic E-state index is 0.505. The average Bonchev–Trinajstić information content (AvgIpc) is 2.30.